The van der Waals surface area contributed by atoms with E-state index in [0.717, 1.165) is 6.16 Å². The van der Waals surface area contributed by atoms with Crippen molar-refractivity contribution < 1.29 is 0 Å². The Hall–Kier alpha value is 1.36. The minimum Gasteiger partial charge on any atom is -0.0273 e. The van der Waals surface area contributed by atoms with Crippen molar-refractivity contribution in [3.8, 4) is 0 Å². The standard InChI is InChI=1S/C2H6Cl2PS/c1-2-5(3,4)6/h6H,2H2,1H3/q+1. The van der Waals surface area contributed by atoms with Gasteiger partial charge in [-0.05, 0) is 6.92 Å². The molecule has 0 unspecified atom stereocenters. The molecule has 0 saturated heterocycles. The number of rotatable bonds is 1. The van der Waals surface area contributed by atoms with Gasteiger partial charge in [-0.2, -0.15) is 0 Å². The van der Waals surface area contributed by atoms with Crippen molar-refractivity contribution in [2.45, 2.75) is 6.92 Å². The van der Waals surface area contributed by atoms with E-state index >= 15 is 0 Å². The summed E-state index contributed by atoms with van der Waals surface area (Å²) in [6.07, 6.45) is 0.777. The molecule has 0 spiro atoms. The fourth-order valence-electron chi connectivity index (χ4n) is 0. The summed E-state index contributed by atoms with van der Waals surface area (Å²) in [5.41, 5.74) is 0. The predicted molar refractivity (Wildman–Crippen MR) is 38.2 cm³/mol. The molecular weight excluding hydrogens is 158 g/mol. The number of thiol groups is 1. The molecule has 0 aliphatic heterocycles. The lowest BCUT2D eigenvalue weighted by atomic mass is 11.0. The van der Waals surface area contributed by atoms with E-state index in [9.17, 15) is 0 Å². The highest BCUT2D eigenvalue weighted by molar-refractivity contribution is 8.70. The summed E-state index contributed by atoms with van der Waals surface area (Å²) in [4.78, 5) is 0. The average molecular weight is 164 g/mol. The Bertz CT molecular complexity index is 41.3. The summed E-state index contributed by atoms with van der Waals surface area (Å²) in [6, 6.07) is 0. The molecule has 0 rings (SSSR count). The maximum absolute atomic E-state index is 5.46. The van der Waals surface area contributed by atoms with Crippen molar-refractivity contribution in [2.75, 3.05) is 6.16 Å². The van der Waals surface area contributed by atoms with Gasteiger partial charge in [0.2, 0.25) is 0 Å². The van der Waals surface area contributed by atoms with Crippen molar-refractivity contribution in [2.24, 2.45) is 0 Å². The molecular formula is C2H6Cl2PS+. The van der Waals surface area contributed by atoms with Crippen LogP contribution in [-0.4, -0.2) is 6.16 Å². The van der Waals surface area contributed by atoms with Crippen LogP contribution in [0.15, 0.2) is 0 Å². The van der Waals surface area contributed by atoms with Crippen molar-refractivity contribution in [1.82, 2.24) is 0 Å². The van der Waals surface area contributed by atoms with Crippen molar-refractivity contribution >= 4 is 39.9 Å². The van der Waals surface area contributed by atoms with Gasteiger partial charge in [0.05, 0.1) is 6.16 Å². The molecule has 0 aromatic heterocycles. The Labute approximate surface area is 53.3 Å². The van der Waals surface area contributed by atoms with E-state index in [4.69, 9.17) is 22.5 Å². The third-order valence-corrected chi connectivity index (χ3v) is 3.42. The molecule has 4 heteroatoms. The zero-order valence-corrected chi connectivity index (χ0v) is 6.66. The zero-order chi connectivity index (χ0) is 5.21. The van der Waals surface area contributed by atoms with E-state index in [1.807, 2.05) is 6.92 Å². The summed E-state index contributed by atoms with van der Waals surface area (Å²) in [5, 5.41) is -1.76. The minimum absolute atomic E-state index is 0.777. The second-order valence-corrected chi connectivity index (χ2v) is 10.2. The molecule has 0 aromatic rings. The van der Waals surface area contributed by atoms with Crippen LogP contribution in [0.3, 0.4) is 0 Å². The molecule has 6 heavy (non-hydrogen) atoms. The van der Waals surface area contributed by atoms with Crippen LogP contribution in [0.1, 0.15) is 6.92 Å². The van der Waals surface area contributed by atoms with Crippen molar-refractivity contribution in [3.05, 3.63) is 0 Å². The third kappa shape index (κ3) is 5.36. The van der Waals surface area contributed by atoms with Gasteiger partial charge in [-0.15, -0.1) is 0 Å². The minimum atomic E-state index is -1.76. The maximum Gasteiger partial charge on any atom is 0.266 e. The van der Waals surface area contributed by atoms with Gasteiger partial charge in [-0.25, -0.2) is 0 Å². The SMILES string of the molecule is CC[P+](S)(Cl)Cl. The zero-order valence-electron chi connectivity index (χ0n) is 3.36. The van der Waals surface area contributed by atoms with Gasteiger partial charge in [-0.1, -0.05) is 0 Å². The van der Waals surface area contributed by atoms with E-state index in [0.29, 0.717) is 0 Å². The van der Waals surface area contributed by atoms with E-state index in [-0.39, 0.29) is 0 Å². The molecule has 0 saturated carbocycles. The van der Waals surface area contributed by atoms with Crippen LogP contribution in [0.25, 0.3) is 0 Å². The Kier molecular flexibility index (Phi) is 3.21. The first-order valence-electron chi connectivity index (χ1n) is 1.56. The van der Waals surface area contributed by atoms with Crippen LogP contribution in [0.4, 0.5) is 0 Å². The number of halogens is 2. The molecule has 0 aliphatic carbocycles. The van der Waals surface area contributed by atoms with Crippen LogP contribution >= 0.6 is 39.9 Å². The fraction of sp³-hybridized carbons (Fsp3) is 1.00. The Morgan fingerprint density at radius 2 is 1.83 bits per heavy atom. The summed E-state index contributed by atoms with van der Waals surface area (Å²) in [5.74, 6) is 0. The Morgan fingerprint density at radius 1 is 1.67 bits per heavy atom. The van der Waals surface area contributed by atoms with Gasteiger partial charge in [0.15, 0.2) is 0 Å². The molecule has 0 nitrogen and oxygen atoms in total. The molecule has 0 aromatic carbocycles. The normalized spacial score (nSPS) is 12.0. The fourth-order valence-corrected chi connectivity index (χ4v) is 0. The van der Waals surface area contributed by atoms with Gasteiger partial charge < -0.3 is 0 Å². The number of hydrogen-bond donors (Lipinski definition) is 1. The molecule has 0 N–H and O–H groups in total. The highest BCUT2D eigenvalue weighted by Crippen LogP contribution is 2.72. The molecule has 0 amide bonds. The maximum atomic E-state index is 5.46. The summed E-state index contributed by atoms with van der Waals surface area (Å²) >= 11 is 14.8. The lowest BCUT2D eigenvalue weighted by Gasteiger charge is -1.91. The molecule has 0 heterocycles. The second kappa shape index (κ2) is 2.61. The van der Waals surface area contributed by atoms with E-state index in [1.54, 1.807) is 0 Å². The lowest BCUT2D eigenvalue weighted by molar-refractivity contribution is 1.52. The van der Waals surface area contributed by atoms with Crippen molar-refractivity contribution in [3.63, 3.8) is 0 Å². The quantitative estimate of drug-likeness (QED) is 0.446. The van der Waals surface area contributed by atoms with E-state index in [1.165, 1.54) is 0 Å². The summed E-state index contributed by atoms with van der Waals surface area (Å²) in [6.45, 7) is 1.92. The molecule has 0 fully saturated rings. The highest BCUT2D eigenvalue weighted by Gasteiger charge is 2.25. The van der Waals surface area contributed by atoms with Gasteiger partial charge in [0, 0.05) is 12.2 Å². The largest absolute Gasteiger partial charge is 0.266 e. The monoisotopic (exact) mass is 163 g/mol. The molecule has 0 atom stereocenters. The Morgan fingerprint density at radius 3 is 1.83 bits per heavy atom. The smallest absolute Gasteiger partial charge is 0.0273 e. The summed E-state index contributed by atoms with van der Waals surface area (Å²) in [7, 11) is 0. The van der Waals surface area contributed by atoms with Crippen LogP contribution in [0.2, 0.25) is 0 Å². The van der Waals surface area contributed by atoms with Crippen LogP contribution < -0.4 is 0 Å². The van der Waals surface area contributed by atoms with Gasteiger partial charge in [0.25, 0.3) is 5.17 Å². The third-order valence-electron chi connectivity index (χ3n) is 0.380. The highest BCUT2D eigenvalue weighted by atomic mass is 35.9. The van der Waals surface area contributed by atoms with Gasteiger partial charge >= 0.3 is 0 Å². The van der Waals surface area contributed by atoms with Crippen LogP contribution in [-0.2, 0) is 0 Å². The predicted octanol–water partition coefficient (Wildman–Crippen LogP) is 3.18. The first-order valence-corrected chi connectivity index (χ1v) is 6.50. The molecule has 0 aliphatic rings. The van der Waals surface area contributed by atoms with Crippen LogP contribution in [0, 0.1) is 0 Å². The molecule has 0 radical (unpaired) electrons. The first kappa shape index (κ1) is 7.36. The van der Waals surface area contributed by atoms with E-state index in [2.05, 4.69) is 12.2 Å². The van der Waals surface area contributed by atoms with Crippen LogP contribution in [0.5, 0.6) is 0 Å². The Balaban J connectivity index is 3.17. The van der Waals surface area contributed by atoms with Gasteiger partial charge in [0.1, 0.15) is 22.5 Å². The molecule has 38 valence electrons. The summed E-state index contributed by atoms with van der Waals surface area (Å²) < 4.78 is 0. The van der Waals surface area contributed by atoms with Gasteiger partial charge in [-0.3, -0.25) is 0 Å². The lowest BCUT2D eigenvalue weighted by Crippen LogP contribution is -1.62. The average Bonchev–Trinajstić information content (AvgIpc) is 1.35. The number of hydrogen-bond acceptors (Lipinski definition) is 1. The first-order chi connectivity index (χ1) is 2.56. The topological polar surface area (TPSA) is 0 Å². The van der Waals surface area contributed by atoms with E-state index < -0.39 is 5.17 Å². The second-order valence-electron chi connectivity index (χ2n) is 0.912. The van der Waals surface area contributed by atoms with Crippen molar-refractivity contribution in [1.29, 1.82) is 0 Å². The molecule has 0 bridgehead atoms.